The van der Waals surface area contributed by atoms with Gasteiger partial charge in [-0.15, -0.1) is 0 Å². The fraction of sp³-hybridized carbons (Fsp3) is 0.571. The molecule has 1 aromatic rings. The maximum absolute atomic E-state index is 5.96. The molecule has 0 radical (unpaired) electrons. The summed E-state index contributed by atoms with van der Waals surface area (Å²) >= 11 is 7.93. The first-order valence-electron chi connectivity index (χ1n) is 6.47. The van der Waals surface area contributed by atoms with E-state index in [0.29, 0.717) is 12.6 Å². The first-order chi connectivity index (χ1) is 8.74. The molecule has 1 aliphatic heterocycles. The Balaban J connectivity index is 2.03. The molecule has 100 valence electrons. The van der Waals surface area contributed by atoms with E-state index in [9.17, 15) is 0 Å². The highest BCUT2D eigenvalue weighted by molar-refractivity contribution is 7.99. The van der Waals surface area contributed by atoms with E-state index < -0.39 is 0 Å². The molecule has 1 heterocycles. The van der Waals surface area contributed by atoms with Gasteiger partial charge in [0.05, 0.1) is 0 Å². The lowest BCUT2D eigenvalue weighted by atomic mass is 10.0. The largest absolute Gasteiger partial charge is 0.329 e. The molecular formula is C14H21ClN2S. The topological polar surface area (TPSA) is 29.3 Å². The fourth-order valence-electron chi connectivity index (χ4n) is 2.60. The molecule has 18 heavy (non-hydrogen) atoms. The van der Waals surface area contributed by atoms with Crippen LogP contribution in [-0.4, -0.2) is 36.0 Å². The lowest BCUT2D eigenvalue weighted by Gasteiger charge is -2.37. The molecule has 0 aliphatic carbocycles. The molecule has 0 amide bonds. The highest BCUT2D eigenvalue weighted by Crippen LogP contribution is 2.28. The van der Waals surface area contributed by atoms with Crippen molar-refractivity contribution in [2.24, 2.45) is 5.73 Å². The Labute approximate surface area is 119 Å². The van der Waals surface area contributed by atoms with Crippen LogP contribution in [0.1, 0.15) is 24.4 Å². The van der Waals surface area contributed by atoms with E-state index in [0.717, 1.165) is 23.4 Å². The van der Waals surface area contributed by atoms with E-state index in [2.05, 4.69) is 23.3 Å². The summed E-state index contributed by atoms with van der Waals surface area (Å²) in [5, 5.41) is 1.61. The van der Waals surface area contributed by atoms with Crippen molar-refractivity contribution < 1.29 is 0 Å². The second kappa shape index (κ2) is 6.80. The van der Waals surface area contributed by atoms with Gasteiger partial charge in [-0.2, -0.15) is 11.8 Å². The predicted octanol–water partition coefficient (Wildman–Crippen LogP) is 3.17. The summed E-state index contributed by atoms with van der Waals surface area (Å²) in [7, 11) is 0. The fourth-order valence-corrected chi connectivity index (χ4v) is 3.41. The van der Waals surface area contributed by atoms with Crippen LogP contribution in [0.25, 0.3) is 0 Å². The monoisotopic (exact) mass is 284 g/mol. The molecular weight excluding hydrogens is 264 g/mol. The molecule has 1 aliphatic rings. The van der Waals surface area contributed by atoms with Crippen LogP contribution in [0.5, 0.6) is 0 Å². The number of halogens is 1. The van der Waals surface area contributed by atoms with Crippen molar-refractivity contribution in [2.45, 2.75) is 24.1 Å². The molecule has 0 bridgehead atoms. The Hall–Kier alpha value is -0.220. The molecule has 1 atom stereocenters. The van der Waals surface area contributed by atoms with Crippen molar-refractivity contribution in [3.05, 3.63) is 34.9 Å². The first kappa shape index (κ1) is 14.2. The minimum Gasteiger partial charge on any atom is -0.329 e. The van der Waals surface area contributed by atoms with Crippen molar-refractivity contribution in [3.8, 4) is 0 Å². The van der Waals surface area contributed by atoms with Gasteiger partial charge < -0.3 is 5.73 Å². The second-order valence-corrected chi connectivity index (χ2v) is 6.35. The Morgan fingerprint density at radius 3 is 2.44 bits per heavy atom. The molecule has 2 N–H and O–H groups in total. The van der Waals surface area contributed by atoms with Gasteiger partial charge in [-0.05, 0) is 49.9 Å². The number of nitrogens with zero attached hydrogens (tertiary/aromatic N) is 1. The van der Waals surface area contributed by atoms with E-state index in [1.54, 1.807) is 0 Å². The van der Waals surface area contributed by atoms with Crippen LogP contribution >= 0.6 is 23.4 Å². The maximum atomic E-state index is 5.96. The van der Waals surface area contributed by atoms with Crippen molar-refractivity contribution >= 4 is 23.4 Å². The highest BCUT2D eigenvalue weighted by atomic mass is 35.5. The van der Waals surface area contributed by atoms with E-state index in [-0.39, 0.29) is 0 Å². The third-order valence-electron chi connectivity index (χ3n) is 3.73. The third kappa shape index (κ3) is 3.41. The van der Waals surface area contributed by atoms with Crippen LogP contribution in [0, 0.1) is 0 Å². The predicted molar refractivity (Wildman–Crippen MR) is 81.4 cm³/mol. The first-order valence-corrected chi connectivity index (χ1v) is 8.13. The normalized spacial score (nSPS) is 19.9. The van der Waals surface area contributed by atoms with Gasteiger partial charge in [0.2, 0.25) is 0 Å². The molecule has 0 spiro atoms. The molecule has 0 aromatic heterocycles. The van der Waals surface area contributed by atoms with Crippen molar-refractivity contribution in [2.75, 3.05) is 25.9 Å². The molecule has 2 nitrogen and oxygen atoms in total. The zero-order chi connectivity index (χ0) is 13.0. The zero-order valence-electron chi connectivity index (χ0n) is 10.8. The van der Waals surface area contributed by atoms with Crippen molar-refractivity contribution in [3.63, 3.8) is 0 Å². The SMILES string of the molecule is CSC1CCN(C(CN)c2ccc(Cl)cc2)CC1. The number of rotatable bonds is 4. The second-order valence-electron chi connectivity index (χ2n) is 4.77. The smallest absolute Gasteiger partial charge is 0.0470 e. The Kier molecular flexibility index (Phi) is 5.37. The minimum absolute atomic E-state index is 0.338. The number of likely N-dealkylation sites (tertiary alicyclic amines) is 1. The lowest BCUT2D eigenvalue weighted by molar-refractivity contribution is 0.170. The van der Waals surface area contributed by atoms with E-state index >= 15 is 0 Å². The van der Waals surface area contributed by atoms with Gasteiger partial charge in [-0.25, -0.2) is 0 Å². The van der Waals surface area contributed by atoms with Crippen molar-refractivity contribution in [1.29, 1.82) is 0 Å². The Bertz CT molecular complexity index is 361. The zero-order valence-corrected chi connectivity index (χ0v) is 12.4. The quantitative estimate of drug-likeness (QED) is 0.921. The lowest BCUT2D eigenvalue weighted by Crippen LogP contribution is -2.40. The van der Waals surface area contributed by atoms with E-state index in [1.165, 1.54) is 18.4 Å². The van der Waals surface area contributed by atoms with Crippen LogP contribution < -0.4 is 5.73 Å². The van der Waals surface area contributed by atoms with Crippen LogP contribution in [-0.2, 0) is 0 Å². The van der Waals surface area contributed by atoms with Gasteiger partial charge in [0, 0.05) is 22.9 Å². The Morgan fingerprint density at radius 1 is 1.33 bits per heavy atom. The van der Waals surface area contributed by atoms with Crippen LogP contribution in [0.3, 0.4) is 0 Å². The summed E-state index contributed by atoms with van der Waals surface area (Å²) in [6.07, 6.45) is 4.75. The number of hydrogen-bond acceptors (Lipinski definition) is 3. The van der Waals surface area contributed by atoms with Gasteiger partial charge >= 0.3 is 0 Å². The molecule has 1 unspecified atom stereocenters. The molecule has 1 aromatic carbocycles. The molecule has 4 heteroatoms. The van der Waals surface area contributed by atoms with Gasteiger partial charge in [0.15, 0.2) is 0 Å². The molecule has 2 rings (SSSR count). The number of benzene rings is 1. The Morgan fingerprint density at radius 2 is 1.94 bits per heavy atom. The molecule has 1 fully saturated rings. The number of nitrogens with two attached hydrogens (primary N) is 1. The summed E-state index contributed by atoms with van der Waals surface area (Å²) in [6, 6.07) is 8.44. The van der Waals surface area contributed by atoms with Crippen LogP contribution in [0.15, 0.2) is 24.3 Å². The summed E-state index contributed by atoms with van der Waals surface area (Å²) in [6.45, 7) is 2.97. The molecule has 0 saturated carbocycles. The average Bonchev–Trinajstić information content (AvgIpc) is 2.42. The minimum atomic E-state index is 0.338. The number of piperidine rings is 1. The van der Waals surface area contributed by atoms with Gasteiger partial charge in [0.1, 0.15) is 0 Å². The maximum Gasteiger partial charge on any atom is 0.0470 e. The van der Waals surface area contributed by atoms with E-state index in [4.69, 9.17) is 17.3 Å². The van der Waals surface area contributed by atoms with E-state index in [1.807, 2.05) is 23.9 Å². The third-order valence-corrected chi connectivity index (χ3v) is 5.12. The van der Waals surface area contributed by atoms with Gasteiger partial charge in [-0.1, -0.05) is 23.7 Å². The summed E-state index contributed by atoms with van der Waals surface area (Å²) in [5.74, 6) is 0. The summed E-state index contributed by atoms with van der Waals surface area (Å²) in [5.41, 5.74) is 7.24. The average molecular weight is 285 g/mol. The standard InChI is InChI=1S/C14H21ClN2S/c1-18-13-6-8-17(9-7-13)14(10-16)11-2-4-12(15)5-3-11/h2-5,13-14H,6-10,16H2,1H3. The van der Waals surface area contributed by atoms with Crippen LogP contribution in [0.2, 0.25) is 5.02 Å². The highest BCUT2D eigenvalue weighted by Gasteiger charge is 2.24. The van der Waals surface area contributed by atoms with Crippen molar-refractivity contribution in [1.82, 2.24) is 4.90 Å². The van der Waals surface area contributed by atoms with Gasteiger partial charge in [-0.3, -0.25) is 4.90 Å². The summed E-state index contributed by atoms with van der Waals surface area (Å²) < 4.78 is 0. The number of thioether (sulfide) groups is 1. The van der Waals surface area contributed by atoms with Crippen LogP contribution in [0.4, 0.5) is 0 Å². The molecule has 1 saturated heterocycles. The van der Waals surface area contributed by atoms with Gasteiger partial charge in [0.25, 0.3) is 0 Å². The summed E-state index contributed by atoms with van der Waals surface area (Å²) in [4.78, 5) is 2.51. The number of hydrogen-bond donors (Lipinski definition) is 1.